The first kappa shape index (κ1) is 47.0. The molecule has 0 aromatic heterocycles. The molecule has 0 bridgehead atoms. The number of rotatable bonds is 40. The monoisotopic (exact) mass is 661 g/mol. The Morgan fingerprint density at radius 2 is 0.404 bits per heavy atom. The summed E-state index contributed by atoms with van der Waals surface area (Å²) in [4.78, 5) is 0. The van der Waals surface area contributed by atoms with E-state index in [9.17, 15) is 0 Å². The van der Waals surface area contributed by atoms with E-state index in [0.717, 1.165) is 23.7 Å². The molecule has 284 valence electrons. The molecule has 4 unspecified atom stereocenters. The van der Waals surface area contributed by atoms with Gasteiger partial charge < -0.3 is 0 Å². The lowest BCUT2D eigenvalue weighted by Gasteiger charge is -2.30. The molecule has 0 radical (unpaired) electrons. The fraction of sp³-hybridized carbons (Fsp3) is 1.00. The van der Waals surface area contributed by atoms with Gasteiger partial charge in [-0.2, -0.15) is 0 Å². The molecule has 0 nitrogen and oxygen atoms in total. The molecule has 0 heteroatoms. The fourth-order valence-corrected chi connectivity index (χ4v) is 8.62. The fourth-order valence-electron chi connectivity index (χ4n) is 8.62. The highest BCUT2D eigenvalue weighted by atomic mass is 14.3. The van der Waals surface area contributed by atoms with Crippen LogP contribution in [0.15, 0.2) is 0 Å². The molecule has 0 aromatic carbocycles. The van der Waals surface area contributed by atoms with Gasteiger partial charge in [0.1, 0.15) is 0 Å². The molecule has 0 aliphatic carbocycles. The first-order valence-electron chi connectivity index (χ1n) is 23.1. The Morgan fingerprint density at radius 1 is 0.213 bits per heavy atom. The minimum absolute atomic E-state index is 0.981. The Labute approximate surface area is 302 Å². The summed E-state index contributed by atoms with van der Waals surface area (Å²) in [6.45, 7) is 14.4. The molecule has 0 rings (SSSR count). The molecular weight excluding hydrogens is 565 g/mol. The summed E-state index contributed by atoms with van der Waals surface area (Å²) in [5.74, 6) is 3.94. The van der Waals surface area contributed by atoms with Gasteiger partial charge in [-0.3, -0.25) is 0 Å². The molecule has 0 N–H and O–H groups in total. The third-order valence-corrected chi connectivity index (χ3v) is 12.0. The average molecular weight is 661 g/mol. The van der Waals surface area contributed by atoms with Gasteiger partial charge in [-0.1, -0.05) is 260 Å². The van der Waals surface area contributed by atoms with E-state index in [1.807, 2.05) is 0 Å². The van der Waals surface area contributed by atoms with Gasteiger partial charge in [0.05, 0.1) is 0 Å². The number of unbranched alkanes of at least 4 members (excludes halogenated alkanes) is 24. The number of hydrogen-bond donors (Lipinski definition) is 0. The summed E-state index contributed by atoms with van der Waals surface area (Å²) in [5.41, 5.74) is 0. The quantitative estimate of drug-likeness (QED) is 0.0574. The van der Waals surface area contributed by atoms with Crippen LogP contribution < -0.4 is 0 Å². The van der Waals surface area contributed by atoms with Gasteiger partial charge in [0.25, 0.3) is 0 Å². The van der Waals surface area contributed by atoms with Crippen molar-refractivity contribution in [3.05, 3.63) is 0 Å². The van der Waals surface area contributed by atoms with Crippen LogP contribution in [0, 0.1) is 23.7 Å². The Kier molecular flexibility index (Phi) is 38.8. The van der Waals surface area contributed by atoms with E-state index < -0.39 is 0 Å². The second-order valence-corrected chi connectivity index (χ2v) is 16.6. The molecule has 0 heterocycles. The first-order valence-corrected chi connectivity index (χ1v) is 23.1. The van der Waals surface area contributed by atoms with Gasteiger partial charge in [-0.15, -0.1) is 0 Å². The van der Waals surface area contributed by atoms with E-state index in [4.69, 9.17) is 0 Å². The SMILES string of the molecule is CCCCCCCCCC(CC)CC(CCCCCCCCC)CC(CCCCCCCCC)CC(CC)CCCCCCCCC. The molecule has 0 spiro atoms. The lowest BCUT2D eigenvalue weighted by molar-refractivity contribution is 0.224. The molecule has 0 saturated heterocycles. The Morgan fingerprint density at radius 3 is 0.638 bits per heavy atom. The first-order chi connectivity index (χ1) is 23.1. The van der Waals surface area contributed by atoms with E-state index in [-0.39, 0.29) is 0 Å². The van der Waals surface area contributed by atoms with Crippen molar-refractivity contribution in [3.63, 3.8) is 0 Å². The van der Waals surface area contributed by atoms with Crippen LogP contribution in [0.4, 0.5) is 0 Å². The molecular formula is C47H96. The molecule has 0 aliphatic heterocycles. The minimum Gasteiger partial charge on any atom is -0.0654 e. The summed E-state index contributed by atoms with van der Waals surface area (Å²) in [6, 6.07) is 0. The van der Waals surface area contributed by atoms with Crippen molar-refractivity contribution >= 4 is 0 Å². The summed E-state index contributed by atoms with van der Waals surface area (Å²) >= 11 is 0. The molecule has 0 aromatic rings. The predicted molar refractivity (Wildman–Crippen MR) is 219 cm³/mol. The van der Waals surface area contributed by atoms with Crippen LogP contribution in [-0.2, 0) is 0 Å². The summed E-state index contributed by atoms with van der Waals surface area (Å²) in [7, 11) is 0. The summed E-state index contributed by atoms with van der Waals surface area (Å²) in [6.07, 6.45) is 54.5. The zero-order valence-electron chi connectivity index (χ0n) is 34.5. The maximum absolute atomic E-state index is 2.52. The highest BCUT2D eigenvalue weighted by Crippen LogP contribution is 2.36. The largest absolute Gasteiger partial charge is 0.0654 e. The van der Waals surface area contributed by atoms with Crippen molar-refractivity contribution in [2.75, 3.05) is 0 Å². The third-order valence-electron chi connectivity index (χ3n) is 12.0. The van der Waals surface area contributed by atoms with Gasteiger partial charge in [0, 0.05) is 0 Å². The van der Waals surface area contributed by atoms with Crippen molar-refractivity contribution in [3.8, 4) is 0 Å². The lowest BCUT2D eigenvalue weighted by Crippen LogP contribution is -2.17. The van der Waals surface area contributed by atoms with Gasteiger partial charge >= 0.3 is 0 Å². The van der Waals surface area contributed by atoms with Gasteiger partial charge in [-0.25, -0.2) is 0 Å². The smallest absolute Gasteiger partial charge is 0.0409 e. The molecule has 0 aliphatic rings. The van der Waals surface area contributed by atoms with Crippen molar-refractivity contribution < 1.29 is 0 Å². The second-order valence-electron chi connectivity index (χ2n) is 16.6. The maximum Gasteiger partial charge on any atom is -0.0409 e. The molecule has 0 fully saturated rings. The zero-order chi connectivity index (χ0) is 34.5. The molecule has 47 heavy (non-hydrogen) atoms. The third kappa shape index (κ3) is 32.9. The standard InChI is InChI=1S/C47H96/c1-7-13-17-21-25-29-33-37-44(11-5)41-46(39-35-31-27-23-19-15-9-3)43-47(40-36-32-28-24-20-16-10-4)42-45(12-6)38-34-30-26-22-18-14-8-2/h44-47H,7-43H2,1-6H3. The van der Waals surface area contributed by atoms with Crippen LogP contribution in [0.1, 0.15) is 279 Å². The van der Waals surface area contributed by atoms with Crippen LogP contribution in [0.3, 0.4) is 0 Å². The normalized spacial score (nSPS) is 14.4. The van der Waals surface area contributed by atoms with Gasteiger partial charge in [0.2, 0.25) is 0 Å². The Hall–Kier alpha value is 0. The van der Waals surface area contributed by atoms with E-state index in [2.05, 4.69) is 41.5 Å². The van der Waals surface area contributed by atoms with E-state index in [1.54, 1.807) is 19.3 Å². The average Bonchev–Trinajstić information content (AvgIpc) is 3.08. The Bertz CT molecular complexity index is 502. The van der Waals surface area contributed by atoms with Gasteiger partial charge in [0.15, 0.2) is 0 Å². The second kappa shape index (κ2) is 38.8. The van der Waals surface area contributed by atoms with E-state index in [1.165, 1.54) is 218 Å². The van der Waals surface area contributed by atoms with E-state index in [0.29, 0.717) is 0 Å². The molecule has 0 amide bonds. The van der Waals surface area contributed by atoms with Crippen LogP contribution in [0.2, 0.25) is 0 Å². The van der Waals surface area contributed by atoms with Crippen molar-refractivity contribution in [1.29, 1.82) is 0 Å². The van der Waals surface area contributed by atoms with Crippen LogP contribution in [-0.4, -0.2) is 0 Å². The lowest BCUT2D eigenvalue weighted by atomic mass is 9.76. The highest BCUT2D eigenvalue weighted by molar-refractivity contribution is 4.74. The summed E-state index contributed by atoms with van der Waals surface area (Å²) < 4.78 is 0. The van der Waals surface area contributed by atoms with Crippen molar-refractivity contribution in [2.24, 2.45) is 23.7 Å². The van der Waals surface area contributed by atoms with Crippen LogP contribution in [0.5, 0.6) is 0 Å². The van der Waals surface area contributed by atoms with Gasteiger partial charge in [-0.05, 0) is 42.9 Å². The van der Waals surface area contributed by atoms with Crippen LogP contribution >= 0.6 is 0 Å². The number of hydrogen-bond acceptors (Lipinski definition) is 0. The van der Waals surface area contributed by atoms with Crippen LogP contribution in [0.25, 0.3) is 0 Å². The predicted octanol–water partition coefficient (Wildman–Crippen LogP) is 18.0. The maximum atomic E-state index is 2.52. The molecule has 0 saturated carbocycles. The summed E-state index contributed by atoms with van der Waals surface area (Å²) in [5, 5.41) is 0. The topological polar surface area (TPSA) is 0 Å². The zero-order valence-corrected chi connectivity index (χ0v) is 34.5. The van der Waals surface area contributed by atoms with E-state index >= 15 is 0 Å². The molecule has 4 atom stereocenters. The van der Waals surface area contributed by atoms with Crippen molar-refractivity contribution in [1.82, 2.24) is 0 Å². The Balaban J connectivity index is 5.22. The minimum atomic E-state index is 0.981. The van der Waals surface area contributed by atoms with Crippen molar-refractivity contribution in [2.45, 2.75) is 279 Å². The highest BCUT2D eigenvalue weighted by Gasteiger charge is 2.22.